The van der Waals surface area contributed by atoms with Crippen molar-refractivity contribution < 1.29 is 19.8 Å². The Bertz CT molecular complexity index is 1140. The molecule has 0 bridgehead atoms. The molecule has 3 unspecified atom stereocenters. The van der Waals surface area contributed by atoms with Gasteiger partial charge in [-0.25, -0.2) is 0 Å². The van der Waals surface area contributed by atoms with Crippen LogP contribution in [0, 0.1) is 33.5 Å². The van der Waals surface area contributed by atoms with Crippen molar-refractivity contribution in [2.45, 2.75) is 102 Å². The number of hydrogen-bond donors (Lipinski definition) is 2. The maximum atomic E-state index is 12.7. The first-order valence-electron chi connectivity index (χ1n) is 14.2. The van der Waals surface area contributed by atoms with Crippen LogP contribution in [0.4, 0.5) is 0 Å². The van der Waals surface area contributed by atoms with E-state index in [1.165, 1.54) is 12.2 Å². The molecule has 2 N–H and O–H groups in total. The molecule has 0 aromatic rings. The van der Waals surface area contributed by atoms with Crippen molar-refractivity contribution in [3.8, 4) is 0 Å². The Hall–Kier alpha value is -2.46. The van der Waals surface area contributed by atoms with E-state index in [1.807, 2.05) is 24.3 Å². The third-order valence-corrected chi connectivity index (χ3v) is 7.63. The Morgan fingerprint density at radius 1 is 0.846 bits per heavy atom. The van der Waals surface area contributed by atoms with Crippen LogP contribution >= 0.6 is 0 Å². The summed E-state index contributed by atoms with van der Waals surface area (Å²) in [6.07, 6.45) is 12.5. The minimum atomic E-state index is -0.576. The van der Waals surface area contributed by atoms with Gasteiger partial charge in [-0.3, -0.25) is 9.59 Å². The van der Waals surface area contributed by atoms with E-state index in [1.54, 1.807) is 6.08 Å². The molecule has 0 saturated carbocycles. The van der Waals surface area contributed by atoms with Gasteiger partial charge < -0.3 is 10.2 Å². The molecule has 0 aromatic carbocycles. The SMILES string of the molecule is CC(C)(C)C1=CC(/C=C/C(=O)CC(=O)/C=C/C2=CC(C(C)(C)C)C(O)C(C(C)(C)C)=C2)CC(C(C)(C)C)=C1O. The lowest BCUT2D eigenvalue weighted by molar-refractivity contribution is -0.121. The summed E-state index contributed by atoms with van der Waals surface area (Å²) in [4.78, 5) is 25.4. The van der Waals surface area contributed by atoms with E-state index in [2.05, 4.69) is 83.1 Å². The summed E-state index contributed by atoms with van der Waals surface area (Å²) in [7, 11) is 0. The first kappa shape index (κ1) is 32.8. The van der Waals surface area contributed by atoms with Crippen LogP contribution in [-0.2, 0) is 9.59 Å². The van der Waals surface area contributed by atoms with E-state index in [9.17, 15) is 19.8 Å². The van der Waals surface area contributed by atoms with Gasteiger partial charge in [0.15, 0.2) is 11.6 Å². The number of aliphatic hydroxyl groups is 2. The van der Waals surface area contributed by atoms with E-state index in [4.69, 9.17) is 0 Å². The third-order valence-electron chi connectivity index (χ3n) is 7.63. The number of hydrogen-bond acceptors (Lipinski definition) is 4. The highest BCUT2D eigenvalue weighted by Crippen LogP contribution is 2.44. The molecule has 0 amide bonds. The van der Waals surface area contributed by atoms with E-state index in [-0.39, 0.29) is 51.5 Å². The molecule has 4 heteroatoms. The molecule has 0 aromatic heterocycles. The standard InChI is InChI=1S/C35H52O4/c1-32(2,3)26-17-22(18-27(30(26)38)33(4,5)6)13-15-24(36)21-25(37)16-14-23-19-28(34(7,8)9)31(39)29(20-23)35(10,11)12/h13-19,23,26,30,38-39H,20-21H2,1-12H3/b15-13+,16-14+. The number of carbonyl (C=O) groups is 2. The quantitative estimate of drug-likeness (QED) is 0.264. The van der Waals surface area contributed by atoms with Gasteiger partial charge in [0, 0.05) is 5.92 Å². The lowest BCUT2D eigenvalue weighted by atomic mass is 9.67. The topological polar surface area (TPSA) is 74.6 Å². The summed E-state index contributed by atoms with van der Waals surface area (Å²) < 4.78 is 0. The zero-order valence-corrected chi connectivity index (χ0v) is 26.4. The van der Waals surface area contributed by atoms with Crippen LogP contribution in [0.1, 0.15) is 95.9 Å². The summed E-state index contributed by atoms with van der Waals surface area (Å²) in [6, 6.07) is 0. The molecular weight excluding hydrogens is 484 g/mol. The number of ketones is 2. The van der Waals surface area contributed by atoms with Gasteiger partial charge in [0.25, 0.3) is 0 Å². The molecule has 0 aliphatic heterocycles. The van der Waals surface area contributed by atoms with Gasteiger partial charge in [-0.2, -0.15) is 0 Å². The maximum Gasteiger partial charge on any atom is 0.163 e. The molecule has 2 rings (SSSR count). The van der Waals surface area contributed by atoms with Gasteiger partial charge >= 0.3 is 0 Å². The van der Waals surface area contributed by atoms with Crippen LogP contribution in [-0.4, -0.2) is 27.9 Å². The summed E-state index contributed by atoms with van der Waals surface area (Å²) in [6.45, 7) is 25.0. The first-order valence-corrected chi connectivity index (χ1v) is 14.2. The molecule has 3 atom stereocenters. The molecule has 0 radical (unpaired) electrons. The second kappa shape index (κ2) is 11.6. The lowest BCUT2D eigenvalue weighted by Gasteiger charge is -2.40. The number of aliphatic hydroxyl groups excluding tert-OH is 2. The van der Waals surface area contributed by atoms with Crippen molar-refractivity contribution in [3.05, 3.63) is 70.6 Å². The molecule has 0 saturated heterocycles. The Balaban J connectivity index is 2.18. The molecule has 2 aliphatic rings. The van der Waals surface area contributed by atoms with Crippen LogP contribution in [0.3, 0.4) is 0 Å². The Labute approximate surface area is 237 Å². The van der Waals surface area contributed by atoms with E-state index in [0.717, 1.165) is 22.3 Å². The zero-order valence-electron chi connectivity index (χ0n) is 26.4. The van der Waals surface area contributed by atoms with Crippen LogP contribution < -0.4 is 0 Å². The predicted molar refractivity (Wildman–Crippen MR) is 162 cm³/mol. The van der Waals surface area contributed by atoms with Crippen molar-refractivity contribution >= 4 is 11.6 Å². The second-order valence-electron chi connectivity index (χ2n) is 15.4. The maximum absolute atomic E-state index is 12.7. The highest BCUT2D eigenvalue weighted by atomic mass is 16.3. The molecule has 2 aliphatic carbocycles. The predicted octanol–water partition coefficient (Wildman–Crippen LogP) is 8.41. The summed E-state index contributed by atoms with van der Waals surface area (Å²) in [5.74, 6) is -0.222. The Morgan fingerprint density at radius 3 is 1.90 bits per heavy atom. The third kappa shape index (κ3) is 8.76. The van der Waals surface area contributed by atoms with Crippen LogP contribution in [0.5, 0.6) is 0 Å². The zero-order chi connectivity index (χ0) is 30.1. The minimum Gasteiger partial charge on any atom is -0.508 e. The van der Waals surface area contributed by atoms with E-state index in [0.29, 0.717) is 12.2 Å². The Morgan fingerprint density at radius 2 is 1.41 bits per heavy atom. The van der Waals surface area contributed by atoms with Crippen LogP contribution in [0.2, 0.25) is 0 Å². The van der Waals surface area contributed by atoms with Gasteiger partial charge in [-0.15, -0.1) is 0 Å². The van der Waals surface area contributed by atoms with E-state index >= 15 is 0 Å². The van der Waals surface area contributed by atoms with Crippen molar-refractivity contribution in [2.24, 2.45) is 33.5 Å². The number of rotatable bonds is 6. The molecule has 0 spiro atoms. The molecule has 0 fully saturated rings. The highest BCUT2D eigenvalue weighted by Gasteiger charge is 2.38. The summed E-state index contributed by atoms with van der Waals surface area (Å²) in [5.41, 5.74) is 2.93. The monoisotopic (exact) mass is 536 g/mol. The highest BCUT2D eigenvalue weighted by molar-refractivity contribution is 6.08. The fourth-order valence-corrected chi connectivity index (χ4v) is 5.24. The van der Waals surface area contributed by atoms with E-state index < -0.39 is 6.10 Å². The molecule has 4 nitrogen and oxygen atoms in total. The van der Waals surface area contributed by atoms with Crippen molar-refractivity contribution in [2.75, 3.05) is 0 Å². The minimum absolute atomic E-state index is 0.0203. The lowest BCUT2D eigenvalue weighted by Crippen LogP contribution is -2.37. The second-order valence-corrected chi connectivity index (χ2v) is 15.4. The average molecular weight is 537 g/mol. The molecule has 216 valence electrons. The molecule has 39 heavy (non-hydrogen) atoms. The van der Waals surface area contributed by atoms with Crippen molar-refractivity contribution in [1.82, 2.24) is 0 Å². The van der Waals surface area contributed by atoms with Crippen molar-refractivity contribution in [3.63, 3.8) is 0 Å². The van der Waals surface area contributed by atoms with Crippen LogP contribution in [0.15, 0.2) is 70.6 Å². The normalized spacial score (nSPS) is 23.7. The number of carbonyl (C=O) groups excluding carboxylic acids is 2. The average Bonchev–Trinajstić information content (AvgIpc) is 2.74. The van der Waals surface area contributed by atoms with Gasteiger partial charge in [-0.05, 0) is 68.4 Å². The fourth-order valence-electron chi connectivity index (χ4n) is 5.24. The van der Waals surface area contributed by atoms with Gasteiger partial charge in [0.05, 0.1) is 12.5 Å². The first-order chi connectivity index (χ1) is 17.5. The Kier molecular flexibility index (Phi) is 9.71. The summed E-state index contributed by atoms with van der Waals surface area (Å²) >= 11 is 0. The largest absolute Gasteiger partial charge is 0.508 e. The van der Waals surface area contributed by atoms with Crippen molar-refractivity contribution in [1.29, 1.82) is 0 Å². The number of allylic oxidation sites excluding steroid dienone is 9. The fraction of sp³-hybridized carbons (Fsp3) is 0.600. The van der Waals surface area contributed by atoms with Gasteiger partial charge in [0.1, 0.15) is 5.76 Å². The molecule has 0 heterocycles. The smallest absolute Gasteiger partial charge is 0.163 e. The van der Waals surface area contributed by atoms with Gasteiger partial charge in [0.2, 0.25) is 0 Å². The van der Waals surface area contributed by atoms with Crippen LogP contribution in [0.25, 0.3) is 0 Å². The van der Waals surface area contributed by atoms with Gasteiger partial charge in [-0.1, -0.05) is 113 Å². The summed E-state index contributed by atoms with van der Waals surface area (Å²) in [5, 5.41) is 22.0. The molecular formula is C35H52O4.